The number of amides is 1. The third kappa shape index (κ3) is 4.20. The lowest BCUT2D eigenvalue weighted by atomic mass is 10.2. The lowest BCUT2D eigenvalue weighted by molar-refractivity contribution is -0.130. The summed E-state index contributed by atoms with van der Waals surface area (Å²) in [5.41, 5.74) is 7.31. The number of hydrogen-bond donors (Lipinski definition) is 2. The molecule has 0 aliphatic rings. The molecule has 3 rings (SSSR count). The third-order valence-corrected chi connectivity index (χ3v) is 3.84. The predicted octanol–water partition coefficient (Wildman–Crippen LogP) is 2.07. The highest BCUT2D eigenvalue weighted by Gasteiger charge is 2.10. The van der Waals surface area contributed by atoms with Gasteiger partial charge in [-0.05, 0) is 17.7 Å². The molecule has 0 radical (unpaired) electrons. The number of anilines is 2. The molecule has 128 valence electrons. The Morgan fingerprint density at radius 3 is 2.76 bits per heavy atom. The van der Waals surface area contributed by atoms with E-state index in [0.717, 1.165) is 10.9 Å². The van der Waals surface area contributed by atoms with Crippen molar-refractivity contribution >= 4 is 28.6 Å². The molecule has 0 saturated carbocycles. The van der Waals surface area contributed by atoms with Gasteiger partial charge in [0.15, 0.2) is 5.65 Å². The van der Waals surface area contributed by atoms with Crippen molar-refractivity contribution in [1.82, 2.24) is 19.9 Å². The molecule has 0 aliphatic heterocycles. The number of nitrogens with one attached hydrogen (secondary N) is 1. The number of fused-ring (bicyclic) bond motifs is 1. The Balaban J connectivity index is 1.56. The van der Waals surface area contributed by atoms with Crippen LogP contribution >= 0.6 is 0 Å². The van der Waals surface area contributed by atoms with Crippen molar-refractivity contribution in [2.45, 2.75) is 13.0 Å². The van der Waals surface area contributed by atoms with Gasteiger partial charge in [0, 0.05) is 26.6 Å². The molecular formula is C18H20N6O. The minimum atomic E-state index is 0.0667. The minimum Gasteiger partial charge on any atom is -0.384 e. The number of nitrogens with two attached hydrogens (primary N) is 1. The average Bonchev–Trinajstić information content (AvgIpc) is 2.62. The summed E-state index contributed by atoms with van der Waals surface area (Å²) in [6.07, 6.45) is 1.80. The summed E-state index contributed by atoms with van der Waals surface area (Å²) in [5, 5.41) is 3.96. The topological polar surface area (TPSA) is 97.0 Å². The Morgan fingerprint density at radius 1 is 1.16 bits per heavy atom. The SMILES string of the molecule is CN(Cc1ccccc1)C(=O)CCNc1ncnc2nc(N)ccc12. The fourth-order valence-corrected chi connectivity index (χ4v) is 2.52. The molecule has 0 aliphatic carbocycles. The standard InChI is InChI=1S/C18H20N6O/c1-24(11-13-5-3-2-4-6-13)16(25)9-10-20-17-14-7-8-15(19)23-18(14)22-12-21-17/h2-8,12H,9-11H2,1H3,(H3,19,20,21,22,23). The molecule has 0 saturated heterocycles. The largest absolute Gasteiger partial charge is 0.384 e. The van der Waals surface area contributed by atoms with Gasteiger partial charge in [0.1, 0.15) is 18.0 Å². The van der Waals surface area contributed by atoms with Crippen LogP contribution in [-0.2, 0) is 11.3 Å². The Morgan fingerprint density at radius 2 is 1.96 bits per heavy atom. The molecule has 2 aromatic heterocycles. The first kappa shape index (κ1) is 16.6. The van der Waals surface area contributed by atoms with Crippen LogP contribution < -0.4 is 11.1 Å². The summed E-state index contributed by atoms with van der Waals surface area (Å²) in [4.78, 5) is 26.5. The van der Waals surface area contributed by atoms with Gasteiger partial charge in [0.05, 0.1) is 5.39 Å². The molecule has 3 aromatic rings. The van der Waals surface area contributed by atoms with Gasteiger partial charge in [-0.25, -0.2) is 15.0 Å². The normalized spacial score (nSPS) is 10.6. The molecule has 25 heavy (non-hydrogen) atoms. The number of aromatic nitrogens is 3. The first-order valence-corrected chi connectivity index (χ1v) is 8.02. The molecule has 0 atom stereocenters. The Hall–Kier alpha value is -3.22. The quantitative estimate of drug-likeness (QED) is 0.715. The van der Waals surface area contributed by atoms with E-state index in [1.165, 1.54) is 6.33 Å². The number of nitrogen functional groups attached to an aromatic ring is 1. The van der Waals surface area contributed by atoms with Crippen LogP contribution in [0.2, 0.25) is 0 Å². The lowest BCUT2D eigenvalue weighted by Crippen LogP contribution is -2.27. The van der Waals surface area contributed by atoms with Crippen molar-refractivity contribution < 1.29 is 4.79 Å². The van der Waals surface area contributed by atoms with Crippen LogP contribution in [0.4, 0.5) is 11.6 Å². The van der Waals surface area contributed by atoms with Gasteiger partial charge in [0.2, 0.25) is 5.91 Å². The molecule has 2 heterocycles. The number of hydrogen-bond acceptors (Lipinski definition) is 6. The monoisotopic (exact) mass is 336 g/mol. The van der Waals surface area contributed by atoms with E-state index in [-0.39, 0.29) is 5.91 Å². The van der Waals surface area contributed by atoms with E-state index in [4.69, 9.17) is 5.73 Å². The second-order valence-corrected chi connectivity index (χ2v) is 5.74. The van der Waals surface area contributed by atoms with Gasteiger partial charge in [-0.1, -0.05) is 30.3 Å². The van der Waals surface area contributed by atoms with Crippen LogP contribution in [0.1, 0.15) is 12.0 Å². The van der Waals surface area contributed by atoms with Crippen LogP contribution in [0.15, 0.2) is 48.8 Å². The maximum absolute atomic E-state index is 12.3. The molecule has 3 N–H and O–H groups in total. The van der Waals surface area contributed by atoms with Gasteiger partial charge < -0.3 is 16.0 Å². The van der Waals surface area contributed by atoms with Crippen molar-refractivity contribution in [3.63, 3.8) is 0 Å². The molecule has 0 unspecified atom stereocenters. The number of benzene rings is 1. The number of rotatable bonds is 6. The second-order valence-electron chi connectivity index (χ2n) is 5.74. The fraction of sp³-hybridized carbons (Fsp3) is 0.222. The number of carbonyl (C=O) groups is 1. The maximum Gasteiger partial charge on any atom is 0.224 e. The van der Waals surface area contributed by atoms with Crippen LogP contribution in [-0.4, -0.2) is 39.4 Å². The van der Waals surface area contributed by atoms with E-state index in [1.54, 1.807) is 11.0 Å². The molecule has 1 aromatic carbocycles. The van der Waals surface area contributed by atoms with E-state index >= 15 is 0 Å². The summed E-state index contributed by atoms with van der Waals surface area (Å²) < 4.78 is 0. The molecule has 0 fully saturated rings. The van der Waals surface area contributed by atoms with Crippen molar-refractivity contribution in [3.05, 3.63) is 54.4 Å². The van der Waals surface area contributed by atoms with E-state index in [2.05, 4.69) is 20.3 Å². The number of pyridine rings is 1. The van der Waals surface area contributed by atoms with E-state index in [1.807, 2.05) is 43.4 Å². The van der Waals surface area contributed by atoms with E-state index in [0.29, 0.717) is 36.8 Å². The first-order valence-electron chi connectivity index (χ1n) is 8.02. The van der Waals surface area contributed by atoms with Gasteiger partial charge >= 0.3 is 0 Å². The molecule has 7 nitrogen and oxygen atoms in total. The second kappa shape index (κ2) is 7.57. The molecular weight excluding hydrogens is 316 g/mol. The van der Waals surface area contributed by atoms with Crippen molar-refractivity contribution in [2.75, 3.05) is 24.6 Å². The predicted molar refractivity (Wildman–Crippen MR) is 97.8 cm³/mol. The van der Waals surface area contributed by atoms with Gasteiger partial charge in [-0.15, -0.1) is 0 Å². The number of nitrogens with zero attached hydrogens (tertiary/aromatic N) is 4. The summed E-state index contributed by atoms with van der Waals surface area (Å²) in [5.74, 6) is 1.13. The zero-order chi connectivity index (χ0) is 17.6. The molecule has 0 spiro atoms. The zero-order valence-corrected chi connectivity index (χ0v) is 14.0. The Kier molecular flexibility index (Phi) is 5.03. The summed E-state index contributed by atoms with van der Waals surface area (Å²) in [7, 11) is 1.81. The van der Waals surface area contributed by atoms with Gasteiger partial charge in [-0.2, -0.15) is 0 Å². The molecule has 7 heteroatoms. The zero-order valence-electron chi connectivity index (χ0n) is 14.0. The van der Waals surface area contributed by atoms with E-state index in [9.17, 15) is 4.79 Å². The average molecular weight is 336 g/mol. The molecule has 1 amide bonds. The summed E-state index contributed by atoms with van der Waals surface area (Å²) in [6, 6.07) is 13.4. The maximum atomic E-state index is 12.3. The van der Waals surface area contributed by atoms with Gasteiger partial charge in [0.25, 0.3) is 0 Å². The van der Waals surface area contributed by atoms with Crippen molar-refractivity contribution in [1.29, 1.82) is 0 Å². The minimum absolute atomic E-state index is 0.0667. The highest BCUT2D eigenvalue weighted by Crippen LogP contribution is 2.18. The fourth-order valence-electron chi connectivity index (χ4n) is 2.52. The highest BCUT2D eigenvalue weighted by atomic mass is 16.2. The summed E-state index contributed by atoms with van der Waals surface area (Å²) in [6.45, 7) is 1.08. The van der Waals surface area contributed by atoms with Crippen LogP contribution in [0.3, 0.4) is 0 Å². The third-order valence-electron chi connectivity index (χ3n) is 3.84. The van der Waals surface area contributed by atoms with Crippen LogP contribution in [0.5, 0.6) is 0 Å². The van der Waals surface area contributed by atoms with Crippen LogP contribution in [0, 0.1) is 0 Å². The van der Waals surface area contributed by atoms with Crippen molar-refractivity contribution in [3.8, 4) is 0 Å². The van der Waals surface area contributed by atoms with Crippen molar-refractivity contribution in [2.24, 2.45) is 0 Å². The first-order chi connectivity index (χ1) is 12.1. The van der Waals surface area contributed by atoms with E-state index < -0.39 is 0 Å². The Bertz CT molecular complexity index is 868. The smallest absolute Gasteiger partial charge is 0.224 e. The van der Waals surface area contributed by atoms with Crippen LogP contribution in [0.25, 0.3) is 11.0 Å². The summed E-state index contributed by atoms with van der Waals surface area (Å²) >= 11 is 0. The van der Waals surface area contributed by atoms with Gasteiger partial charge in [-0.3, -0.25) is 4.79 Å². The molecule has 0 bridgehead atoms. The lowest BCUT2D eigenvalue weighted by Gasteiger charge is -2.17. The number of carbonyl (C=O) groups excluding carboxylic acids is 1. The highest BCUT2D eigenvalue weighted by molar-refractivity contribution is 5.87. The Labute approximate surface area is 145 Å².